The number of hydrogen-bond donors (Lipinski definition) is 1. The minimum atomic E-state index is -0.192. The van der Waals surface area contributed by atoms with Crippen LogP contribution in [-0.4, -0.2) is 35.3 Å². The van der Waals surface area contributed by atoms with Crippen molar-refractivity contribution in [1.82, 2.24) is 10.2 Å². The number of carbonyl (C=O) groups excluding carboxylic acids is 2. The smallest absolute Gasteiger partial charge is 0.239 e. The van der Waals surface area contributed by atoms with E-state index in [-0.39, 0.29) is 23.9 Å². The summed E-state index contributed by atoms with van der Waals surface area (Å²) in [5.41, 5.74) is -0.192. The highest BCUT2D eigenvalue weighted by molar-refractivity contribution is 5.86. The molecule has 0 aliphatic carbocycles. The van der Waals surface area contributed by atoms with Crippen LogP contribution in [0, 0.1) is 0 Å². The number of nitrogens with one attached hydrogen (secondary N) is 1. The number of carbonyl (C=O) groups is 2. The van der Waals surface area contributed by atoms with E-state index in [1.54, 1.807) is 11.0 Å². The van der Waals surface area contributed by atoms with Gasteiger partial charge in [-0.15, -0.1) is 6.58 Å². The van der Waals surface area contributed by atoms with E-state index in [0.717, 1.165) is 6.42 Å². The van der Waals surface area contributed by atoms with E-state index < -0.39 is 0 Å². The highest BCUT2D eigenvalue weighted by Crippen LogP contribution is 2.28. The standard InChI is InChI=1S/C11H18N2O2/c1-4-7-12-9(14)8-13-10(15)5-6-11(13,2)3/h4H,1,5-8H2,2-3H3,(H,12,14). The van der Waals surface area contributed by atoms with Crippen molar-refractivity contribution in [2.45, 2.75) is 32.2 Å². The fourth-order valence-corrected chi connectivity index (χ4v) is 1.71. The monoisotopic (exact) mass is 210 g/mol. The maximum Gasteiger partial charge on any atom is 0.239 e. The molecular formula is C11H18N2O2. The quantitative estimate of drug-likeness (QED) is 0.694. The molecule has 2 amide bonds. The lowest BCUT2D eigenvalue weighted by Crippen LogP contribution is -2.46. The molecule has 1 N–H and O–H groups in total. The van der Waals surface area contributed by atoms with E-state index in [1.807, 2.05) is 13.8 Å². The molecule has 84 valence electrons. The van der Waals surface area contributed by atoms with Crippen LogP contribution < -0.4 is 5.32 Å². The zero-order valence-electron chi connectivity index (χ0n) is 9.38. The van der Waals surface area contributed by atoms with Crippen LogP contribution in [0.3, 0.4) is 0 Å². The molecule has 0 aromatic carbocycles. The van der Waals surface area contributed by atoms with Crippen molar-refractivity contribution in [3.8, 4) is 0 Å². The summed E-state index contributed by atoms with van der Waals surface area (Å²) >= 11 is 0. The Labute approximate surface area is 90.3 Å². The predicted octanol–water partition coefficient (Wildman–Crippen LogP) is 0.690. The first kappa shape index (κ1) is 11.8. The Bertz CT molecular complexity index is 284. The first-order valence-electron chi connectivity index (χ1n) is 5.15. The third-order valence-corrected chi connectivity index (χ3v) is 2.73. The van der Waals surface area contributed by atoms with Gasteiger partial charge in [0.15, 0.2) is 0 Å². The largest absolute Gasteiger partial charge is 0.351 e. The molecule has 1 saturated heterocycles. The second-order valence-electron chi connectivity index (χ2n) is 4.39. The topological polar surface area (TPSA) is 49.4 Å². The minimum Gasteiger partial charge on any atom is -0.351 e. The minimum absolute atomic E-state index is 0.0637. The molecule has 1 heterocycles. The van der Waals surface area contributed by atoms with Crippen LogP contribution in [-0.2, 0) is 9.59 Å². The molecule has 0 spiro atoms. The summed E-state index contributed by atoms with van der Waals surface area (Å²) in [5.74, 6) is -0.0630. The molecule has 1 rings (SSSR count). The SMILES string of the molecule is C=CCNC(=O)CN1C(=O)CCC1(C)C. The van der Waals surface area contributed by atoms with Crippen LogP contribution in [0.1, 0.15) is 26.7 Å². The summed E-state index contributed by atoms with van der Waals surface area (Å²) in [6, 6.07) is 0. The number of likely N-dealkylation sites (tertiary alicyclic amines) is 1. The summed E-state index contributed by atoms with van der Waals surface area (Å²) in [7, 11) is 0. The molecule has 15 heavy (non-hydrogen) atoms. The number of amides is 2. The predicted molar refractivity (Wildman–Crippen MR) is 58.2 cm³/mol. The van der Waals surface area contributed by atoms with Crippen LogP contribution in [0.25, 0.3) is 0 Å². The number of nitrogens with zero attached hydrogens (tertiary/aromatic N) is 1. The zero-order valence-corrected chi connectivity index (χ0v) is 9.38. The maximum absolute atomic E-state index is 11.5. The van der Waals surface area contributed by atoms with Crippen molar-refractivity contribution in [1.29, 1.82) is 0 Å². The summed E-state index contributed by atoms with van der Waals surface area (Å²) in [6.45, 7) is 8.08. The fraction of sp³-hybridized carbons (Fsp3) is 0.636. The number of rotatable bonds is 4. The van der Waals surface area contributed by atoms with Crippen molar-refractivity contribution < 1.29 is 9.59 Å². The molecule has 1 aliphatic rings. The maximum atomic E-state index is 11.5. The lowest BCUT2D eigenvalue weighted by molar-refractivity contribution is -0.136. The Morgan fingerprint density at radius 1 is 1.67 bits per heavy atom. The van der Waals surface area contributed by atoms with Crippen molar-refractivity contribution in [3.05, 3.63) is 12.7 Å². The van der Waals surface area contributed by atoms with Gasteiger partial charge < -0.3 is 10.2 Å². The van der Waals surface area contributed by atoms with Crippen molar-refractivity contribution in [2.24, 2.45) is 0 Å². The Hall–Kier alpha value is -1.32. The van der Waals surface area contributed by atoms with Gasteiger partial charge in [0, 0.05) is 18.5 Å². The summed E-state index contributed by atoms with van der Waals surface area (Å²) in [5, 5.41) is 2.67. The first-order chi connectivity index (χ1) is 6.97. The third-order valence-electron chi connectivity index (χ3n) is 2.73. The lowest BCUT2D eigenvalue weighted by Gasteiger charge is -2.30. The van der Waals surface area contributed by atoms with E-state index in [9.17, 15) is 9.59 Å². The van der Waals surface area contributed by atoms with E-state index in [2.05, 4.69) is 11.9 Å². The van der Waals surface area contributed by atoms with Gasteiger partial charge in [-0.2, -0.15) is 0 Å². The molecule has 0 atom stereocenters. The third kappa shape index (κ3) is 2.81. The van der Waals surface area contributed by atoms with Gasteiger partial charge >= 0.3 is 0 Å². The van der Waals surface area contributed by atoms with Gasteiger partial charge in [-0.25, -0.2) is 0 Å². The zero-order chi connectivity index (χ0) is 11.5. The molecule has 0 unspecified atom stereocenters. The van der Waals surface area contributed by atoms with Gasteiger partial charge in [0.05, 0.1) is 0 Å². The van der Waals surface area contributed by atoms with Crippen LogP contribution in [0.2, 0.25) is 0 Å². The van der Waals surface area contributed by atoms with Gasteiger partial charge in [0.25, 0.3) is 0 Å². The average molecular weight is 210 g/mol. The van der Waals surface area contributed by atoms with Crippen LogP contribution in [0.4, 0.5) is 0 Å². The molecule has 1 aliphatic heterocycles. The van der Waals surface area contributed by atoms with Gasteiger partial charge in [-0.05, 0) is 20.3 Å². The normalized spacial score (nSPS) is 19.1. The summed E-state index contributed by atoms with van der Waals surface area (Å²) in [6.07, 6.45) is 2.98. The molecule has 0 radical (unpaired) electrons. The van der Waals surface area contributed by atoms with Crippen molar-refractivity contribution >= 4 is 11.8 Å². The average Bonchev–Trinajstić information content (AvgIpc) is 2.42. The molecule has 0 saturated carbocycles. The van der Waals surface area contributed by atoms with E-state index >= 15 is 0 Å². The molecule has 0 aromatic heterocycles. The Balaban J connectivity index is 2.52. The van der Waals surface area contributed by atoms with Crippen LogP contribution >= 0.6 is 0 Å². The van der Waals surface area contributed by atoms with Crippen LogP contribution in [0.5, 0.6) is 0 Å². The second-order valence-corrected chi connectivity index (χ2v) is 4.39. The van der Waals surface area contributed by atoms with Gasteiger partial charge in [-0.1, -0.05) is 6.08 Å². The first-order valence-corrected chi connectivity index (χ1v) is 5.15. The molecule has 4 heteroatoms. The Kier molecular flexibility index (Phi) is 3.50. The highest BCUT2D eigenvalue weighted by Gasteiger charge is 2.38. The van der Waals surface area contributed by atoms with Gasteiger partial charge in [-0.3, -0.25) is 9.59 Å². The molecule has 4 nitrogen and oxygen atoms in total. The molecule has 1 fully saturated rings. The summed E-state index contributed by atoms with van der Waals surface area (Å²) in [4.78, 5) is 24.6. The fourth-order valence-electron chi connectivity index (χ4n) is 1.71. The van der Waals surface area contributed by atoms with Gasteiger partial charge in [0.1, 0.15) is 6.54 Å². The second kappa shape index (κ2) is 4.47. The molecule has 0 aromatic rings. The Morgan fingerprint density at radius 3 is 2.80 bits per heavy atom. The molecular weight excluding hydrogens is 192 g/mol. The lowest BCUT2D eigenvalue weighted by atomic mass is 10.0. The van der Waals surface area contributed by atoms with Crippen molar-refractivity contribution in [3.63, 3.8) is 0 Å². The molecule has 0 bridgehead atoms. The van der Waals surface area contributed by atoms with E-state index in [1.165, 1.54) is 0 Å². The van der Waals surface area contributed by atoms with E-state index in [0.29, 0.717) is 13.0 Å². The summed E-state index contributed by atoms with van der Waals surface area (Å²) < 4.78 is 0. The number of hydrogen-bond acceptors (Lipinski definition) is 2. The van der Waals surface area contributed by atoms with Gasteiger partial charge in [0.2, 0.25) is 11.8 Å². The van der Waals surface area contributed by atoms with Crippen LogP contribution in [0.15, 0.2) is 12.7 Å². The van der Waals surface area contributed by atoms with E-state index in [4.69, 9.17) is 0 Å². The highest BCUT2D eigenvalue weighted by atomic mass is 16.2. The van der Waals surface area contributed by atoms with Crippen molar-refractivity contribution in [2.75, 3.05) is 13.1 Å². The Morgan fingerprint density at radius 2 is 2.33 bits per heavy atom.